The van der Waals surface area contributed by atoms with Crippen molar-refractivity contribution in [2.75, 3.05) is 5.75 Å². The van der Waals surface area contributed by atoms with Crippen molar-refractivity contribution in [3.8, 4) is 0 Å². The number of nitrogens with zero attached hydrogens (tertiary/aromatic N) is 2. The summed E-state index contributed by atoms with van der Waals surface area (Å²) >= 11 is 1.43. The van der Waals surface area contributed by atoms with Crippen LogP contribution in [0, 0.1) is 0 Å². The third kappa shape index (κ3) is 2.70. The highest BCUT2D eigenvalue weighted by molar-refractivity contribution is 8.15. The molecule has 25 heavy (non-hydrogen) atoms. The summed E-state index contributed by atoms with van der Waals surface area (Å²) in [6, 6.07) is 18.9. The molecule has 0 aromatic heterocycles. The van der Waals surface area contributed by atoms with E-state index in [9.17, 15) is 9.59 Å². The molecule has 1 fully saturated rings. The molecule has 0 bridgehead atoms. The molecule has 5 heteroatoms. The minimum atomic E-state index is -0.427. The molecule has 124 valence electrons. The molecule has 1 saturated heterocycles. The second-order valence-corrected chi connectivity index (χ2v) is 6.89. The van der Waals surface area contributed by atoms with Gasteiger partial charge in [0.2, 0.25) is 5.91 Å². The number of amidine groups is 1. The maximum Gasteiger partial charge on any atom is 0.239 e. The Bertz CT molecular complexity index is 904. The third-order valence-corrected chi connectivity index (χ3v) is 5.27. The Kier molecular flexibility index (Phi) is 4.01. The predicted octanol–water partition coefficient (Wildman–Crippen LogP) is 3.67. The van der Waals surface area contributed by atoms with Crippen molar-refractivity contribution in [2.45, 2.75) is 13.0 Å². The van der Waals surface area contributed by atoms with Crippen molar-refractivity contribution in [3.63, 3.8) is 0 Å². The molecule has 0 spiro atoms. The number of carbonyl (C=O) groups excluding carboxylic acids is 2. The molecule has 1 atom stereocenters. The first kappa shape index (κ1) is 15.8. The van der Waals surface area contributed by atoms with Crippen LogP contribution in [-0.4, -0.2) is 27.5 Å². The number of amides is 1. The molecule has 2 aromatic carbocycles. The molecule has 0 radical (unpaired) electrons. The van der Waals surface area contributed by atoms with Gasteiger partial charge in [-0.25, -0.2) is 4.99 Å². The lowest BCUT2D eigenvalue weighted by Gasteiger charge is -2.33. The van der Waals surface area contributed by atoms with Gasteiger partial charge in [0.05, 0.1) is 17.5 Å². The zero-order valence-electron chi connectivity index (χ0n) is 13.7. The van der Waals surface area contributed by atoms with E-state index in [2.05, 4.69) is 4.99 Å². The van der Waals surface area contributed by atoms with Crippen LogP contribution in [0.5, 0.6) is 0 Å². The zero-order chi connectivity index (χ0) is 17.4. The maximum atomic E-state index is 12.6. The largest absolute Gasteiger partial charge is 0.295 e. The van der Waals surface area contributed by atoms with Gasteiger partial charge in [-0.15, -0.1) is 0 Å². The van der Waals surface area contributed by atoms with E-state index in [1.807, 2.05) is 60.7 Å². The van der Waals surface area contributed by atoms with Crippen LogP contribution < -0.4 is 0 Å². The summed E-state index contributed by atoms with van der Waals surface area (Å²) in [6.07, 6.45) is 0. The molecule has 2 heterocycles. The number of thioether (sulfide) groups is 1. The van der Waals surface area contributed by atoms with Gasteiger partial charge in [0.1, 0.15) is 0 Å². The van der Waals surface area contributed by atoms with Crippen LogP contribution in [0.1, 0.15) is 24.1 Å². The maximum absolute atomic E-state index is 12.6. The molecule has 2 aliphatic heterocycles. The fourth-order valence-electron chi connectivity index (χ4n) is 3.25. The second kappa shape index (κ2) is 6.33. The molecule has 0 unspecified atom stereocenters. The summed E-state index contributed by atoms with van der Waals surface area (Å²) < 4.78 is 0. The summed E-state index contributed by atoms with van der Waals surface area (Å²) in [4.78, 5) is 31.4. The van der Waals surface area contributed by atoms with Crippen molar-refractivity contribution in [1.29, 1.82) is 0 Å². The molecule has 2 aromatic rings. The average molecular weight is 348 g/mol. The van der Waals surface area contributed by atoms with Crippen LogP contribution in [0.3, 0.4) is 0 Å². The Labute approximate surface area is 150 Å². The van der Waals surface area contributed by atoms with Gasteiger partial charge in [0.25, 0.3) is 0 Å². The first-order valence-electron chi connectivity index (χ1n) is 8.06. The number of Topliss-reactive ketones (excluding diaryl/α,β-unsaturated/α-hetero) is 1. The first-order chi connectivity index (χ1) is 12.2. The lowest BCUT2D eigenvalue weighted by molar-refractivity contribution is -0.125. The Morgan fingerprint density at radius 2 is 1.72 bits per heavy atom. The second-order valence-electron chi connectivity index (χ2n) is 5.94. The van der Waals surface area contributed by atoms with E-state index in [0.717, 1.165) is 11.1 Å². The number of rotatable bonds is 3. The Balaban J connectivity index is 1.98. The van der Waals surface area contributed by atoms with Crippen molar-refractivity contribution < 1.29 is 9.59 Å². The zero-order valence-corrected chi connectivity index (χ0v) is 14.5. The van der Waals surface area contributed by atoms with E-state index < -0.39 is 6.04 Å². The Hall–Kier alpha value is -2.66. The third-order valence-electron chi connectivity index (χ3n) is 4.34. The van der Waals surface area contributed by atoms with Crippen molar-refractivity contribution in [1.82, 2.24) is 4.90 Å². The molecular formula is C20H16N2O2S. The molecule has 1 amide bonds. The minimum Gasteiger partial charge on any atom is -0.295 e. The van der Waals surface area contributed by atoms with E-state index in [1.54, 1.807) is 11.8 Å². The van der Waals surface area contributed by atoms with Crippen molar-refractivity contribution in [3.05, 3.63) is 77.4 Å². The standard InChI is InChI=1S/C20H16N2O2S/c1-13(23)17-18(14-8-4-2-5-9-14)21-20-22(16(24)12-25-20)19(17)15-10-6-3-7-11-15/h2-11,19H,12H2,1H3/t19-/m0/s1. The van der Waals surface area contributed by atoms with Gasteiger partial charge >= 0.3 is 0 Å². The summed E-state index contributed by atoms with van der Waals surface area (Å²) in [5.74, 6) is 0.277. The van der Waals surface area contributed by atoms with Crippen LogP contribution in [0.15, 0.2) is 71.2 Å². The number of ketones is 1. The van der Waals surface area contributed by atoms with Gasteiger partial charge in [-0.2, -0.15) is 0 Å². The first-order valence-corrected chi connectivity index (χ1v) is 9.04. The molecular weight excluding hydrogens is 332 g/mol. The quantitative estimate of drug-likeness (QED) is 0.850. The van der Waals surface area contributed by atoms with Crippen LogP contribution in [0.25, 0.3) is 5.70 Å². The van der Waals surface area contributed by atoms with Crippen molar-refractivity contribution in [2.24, 2.45) is 4.99 Å². The Morgan fingerprint density at radius 3 is 2.36 bits per heavy atom. The average Bonchev–Trinajstić information content (AvgIpc) is 3.02. The van der Waals surface area contributed by atoms with E-state index in [4.69, 9.17) is 0 Å². The van der Waals surface area contributed by atoms with Crippen LogP contribution in [0.2, 0.25) is 0 Å². The number of hydrogen-bond donors (Lipinski definition) is 0. The van der Waals surface area contributed by atoms with E-state index in [0.29, 0.717) is 22.2 Å². The van der Waals surface area contributed by atoms with Gasteiger partial charge in [-0.3, -0.25) is 14.5 Å². The highest BCUT2D eigenvalue weighted by Crippen LogP contribution is 2.43. The Morgan fingerprint density at radius 1 is 1.08 bits per heavy atom. The summed E-state index contributed by atoms with van der Waals surface area (Å²) in [7, 11) is 0. The number of carbonyl (C=O) groups is 2. The van der Waals surface area contributed by atoms with Gasteiger partial charge in [-0.1, -0.05) is 72.4 Å². The van der Waals surface area contributed by atoms with E-state index >= 15 is 0 Å². The fourth-order valence-corrected chi connectivity index (χ4v) is 4.15. The van der Waals surface area contributed by atoms with Crippen molar-refractivity contribution >= 4 is 34.3 Å². The highest BCUT2D eigenvalue weighted by atomic mass is 32.2. The summed E-state index contributed by atoms with van der Waals surface area (Å²) in [6.45, 7) is 1.54. The smallest absolute Gasteiger partial charge is 0.239 e. The lowest BCUT2D eigenvalue weighted by Crippen LogP contribution is -2.38. The fraction of sp³-hybridized carbons (Fsp3) is 0.150. The number of fused-ring (bicyclic) bond motifs is 1. The highest BCUT2D eigenvalue weighted by Gasteiger charge is 2.42. The van der Waals surface area contributed by atoms with Crippen LogP contribution in [0.4, 0.5) is 0 Å². The van der Waals surface area contributed by atoms with Crippen LogP contribution in [-0.2, 0) is 9.59 Å². The van der Waals surface area contributed by atoms with Gasteiger partial charge < -0.3 is 0 Å². The van der Waals surface area contributed by atoms with Gasteiger partial charge in [-0.05, 0) is 12.5 Å². The van der Waals surface area contributed by atoms with Gasteiger partial charge in [0.15, 0.2) is 11.0 Å². The molecule has 2 aliphatic rings. The normalized spacial score (nSPS) is 19.7. The molecule has 4 nitrogen and oxygen atoms in total. The predicted molar refractivity (Wildman–Crippen MR) is 100.0 cm³/mol. The van der Waals surface area contributed by atoms with Gasteiger partial charge in [0, 0.05) is 11.1 Å². The molecule has 0 aliphatic carbocycles. The topological polar surface area (TPSA) is 49.7 Å². The monoisotopic (exact) mass is 348 g/mol. The van der Waals surface area contributed by atoms with E-state index in [-0.39, 0.29) is 11.7 Å². The number of benzene rings is 2. The molecule has 0 saturated carbocycles. The summed E-state index contributed by atoms with van der Waals surface area (Å²) in [5, 5.41) is 0.669. The molecule has 4 rings (SSSR count). The lowest BCUT2D eigenvalue weighted by atomic mass is 9.90. The van der Waals surface area contributed by atoms with Crippen LogP contribution >= 0.6 is 11.8 Å². The minimum absolute atomic E-state index is 0.0107. The number of aliphatic imine (C=N–C) groups is 1. The molecule has 0 N–H and O–H groups in total. The SMILES string of the molecule is CC(=O)C1=C(c2ccccc2)N=C2SCC(=O)N2[C@H]1c1ccccc1. The van der Waals surface area contributed by atoms with E-state index in [1.165, 1.54) is 11.8 Å². The summed E-state index contributed by atoms with van der Waals surface area (Å²) in [5.41, 5.74) is 3.04. The number of hydrogen-bond acceptors (Lipinski definition) is 4.